The van der Waals surface area contributed by atoms with E-state index in [0.29, 0.717) is 5.57 Å². The molecule has 1 aromatic carbocycles. The highest BCUT2D eigenvalue weighted by molar-refractivity contribution is 5.65. The molecule has 0 N–H and O–H groups in total. The van der Waals surface area contributed by atoms with Crippen LogP contribution < -0.4 is 4.74 Å². The van der Waals surface area contributed by atoms with Gasteiger partial charge in [-0.3, -0.25) is 0 Å². The van der Waals surface area contributed by atoms with Crippen molar-refractivity contribution in [3.63, 3.8) is 0 Å². The molecule has 98 valence electrons. The van der Waals surface area contributed by atoms with Crippen LogP contribution >= 0.6 is 0 Å². The van der Waals surface area contributed by atoms with Gasteiger partial charge in [-0.15, -0.1) is 0 Å². The minimum atomic E-state index is -0.539. The highest BCUT2D eigenvalue weighted by Crippen LogP contribution is 2.31. The molecule has 1 aromatic rings. The van der Waals surface area contributed by atoms with E-state index in [1.807, 2.05) is 30.3 Å². The summed E-state index contributed by atoms with van der Waals surface area (Å²) in [4.78, 5) is 0. The molecule has 1 unspecified atom stereocenters. The SMILES string of the molecule is N#CC1=Cc2ccccc2OC1OC1CCCCC1. The van der Waals surface area contributed by atoms with Gasteiger partial charge in [0, 0.05) is 5.56 Å². The third-order valence-corrected chi connectivity index (χ3v) is 3.72. The van der Waals surface area contributed by atoms with E-state index in [0.717, 1.165) is 24.2 Å². The van der Waals surface area contributed by atoms with Gasteiger partial charge in [0.05, 0.1) is 11.7 Å². The summed E-state index contributed by atoms with van der Waals surface area (Å²) < 4.78 is 11.8. The number of ether oxygens (including phenoxy) is 2. The molecule has 0 spiro atoms. The van der Waals surface area contributed by atoms with Crippen LogP contribution in [-0.4, -0.2) is 12.4 Å². The Labute approximate surface area is 113 Å². The van der Waals surface area contributed by atoms with Gasteiger partial charge in [-0.2, -0.15) is 5.26 Å². The van der Waals surface area contributed by atoms with Crippen molar-refractivity contribution in [3.8, 4) is 11.8 Å². The van der Waals surface area contributed by atoms with Gasteiger partial charge < -0.3 is 9.47 Å². The fourth-order valence-corrected chi connectivity index (χ4v) is 2.68. The fraction of sp³-hybridized carbons (Fsp3) is 0.438. The number of rotatable bonds is 2. The predicted octanol–water partition coefficient (Wildman–Crippen LogP) is 3.66. The van der Waals surface area contributed by atoms with Gasteiger partial charge in [-0.05, 0) is 25.0 Å². The largest absolute Gasteiger partial charge is 0.459 e. The van der Waals surface area contributed by atoms with Crippen LogP contribution in [0.15, 0.2) is 29.8 Å². The van der Waals surface area contributed by atoms with Crippen LogP contribution in [0.3, 0.4) is 0 Å². The van der Waals surface area contributed by atoms with Crippen LogP contribution in [0, 0.1) is 11.3 Å². The molecule has 1 aliphatic carbocycles. The summed E-state index contributed by atoms with van der Waals surface area (Å²) >= 11 is 0. The Morgan fingerprint density at radius 3 is 2.74 bits per heavy atom. The Morgan fingerprint density at radius 2 is 1.95 bits per heavy atom. The molecule has 3 rings (SSSR count). The minimum Gasteiger partial charge on any atom is -0.459 e. The number of fused-ring (bicyclic) bond motifs is 1. The van der Waals surface area contributed by atoms with E-state index in [2.05, 4.69) is 6.07 Å². The van der Waals surface area contributed by atoms with Crippen LogP contribution in [0.2, 0.25) is 0 Å². The normalized spacial score (nSPS) is 22.9. The summed E-state index contributed by atoms with van der Waals surface area (Å²) in [6.45, 7) is 0. The second kappa shape index (κ2) is 5.46. The van der Waals surface area contributed by atoms with Gasteiger partial charge >= 0.3 is 0 Å². The maximum atomic E-state index is 9.24. The maximum absolute atomic E-state index is 9.24. The molecule has 0 radical (unpaired) electrons. The lowest BCUT2D eigenvalue weighted by atomic mass is 9.97. The van der Waals surface area contributed by atoms with Crippen LogP contribution in [0.1, 0.15) is 37.7 Å². The Balaban J connectivity index is 1.78. The maximum Gasteiger partial charge on any atom is 0.236 e. The van der Waals surface area contributed by atoms with E-state index in [1.165, 1.54) is 19.3 Å². The van der Waals surface area contributed by atoms with E-state index in [1.54, 1.807) is 0 Å². The lowest BCUT2D eigenvalue weighted by Gasteiger charge is -2.29. The molecule has 1 fully saturated rings. The van der Waals surface area contributed by atoms with Crippen molar-refractivity contribution >= 4 is 6.08 Å². The molecule has 0 bridgehead atoms. The zero-order valence-electron chi connectivity index (χ0n) is 10.8. The summed E-state index contributed by atoms with van der Waals surface area (Å²) in [6, 6.07) is 9.93. The number of benzene rings is 1. The molecule has 3 heteroatoms. The van der Waals surface area contributed by atoms with Crippen molar-refractivity contribution in [1.82, 2.24) is 0 Å². The molecule has 0 amide bonds. The zero-order chi connectivity index (χ0) is 13.1. The molecule has 1 aliphatic heterocycles. The van der Waals surface area contributed by atoms with Crippen LogP contribution in [0.5, 0.6) is 5.75 Å². The van der Waals surface area contributed by atoms with Crippen molar-refractivity contribution in [2.24, 2.45) is 0 Å². The average Bonchev–Trinajstić information content (AvgIpc) is 2.47. The van der Waals surface area contributed by atoms with E-state index >= 15 is 0 Å². The van der Waals surface area contributed by atoms with Crippen LogP contribution in [-0.2, 0) is 4.74 Å². The summed E-state index contributed by atoms with van der Waals surface area (Å²) in [5, 5.41) is 9.24. The smallest absolute Gasteiger partial charge is 0.236 e. The lowest BCUT2D eigenvalue weighted by Crippen LogP contribution is -2.31. The zero-order valence-corrected chi connectivity index (χ0v) is 10.8. The second-order valence-corrected chi connectivity index (χ2v) is 5.10. The first-order valence-electron chi connectivity index (χ1n) is 6.89. The van der Waals surface area contributed by atoms with E-state index in [4.69, 9.17) is 9.47 Å². The van der Waals surface area contributed by atoms with E-state index in [9.17, 15) is 5.26 Å². The highest BCUT2D eigenvalue weighted by Gasteiger charge is 2.27. The predicted molar refractivity (Wildman–Crippen MR) is 72.4 cm³/mol. The molecule has 2 aliphatic rings. The monoisotopic (exact) mass is 255 g/mol. The van der Waals surface area contributed by atoms with E-state index in [-0.39, 0.29) is 6.10 Å². The van der Waals surface area contributed by atoms with Crippen molar-refractivity contribution in [2.45, 2.75) is 44.5 Å². The minimum absolute atomic E-state index is 0.223. The molecular weight excluding hydrogens is 238 g/mol. The fourth-order valence-electron chi connectivity index (χ4n) is 2.68. The topological polar surface area (TPSA) is 42.2 Å². The number of hydrogen-bond acceptors (Lipinski definition) is 3. The van der Waals surface area contributed by atoms with Gasteiger partial charge in [0.2, 0.25) is 6.29 Å². The molecule has 0 aromatic heterocycles. The second-order valence-electron chi connectivity index (χ2n) is 5.10. The summed E-state index contributed by atoms with van der Waals surface area (Å²) in [7, 11) is 0. The molecule has 3 nitrogen and oxygen atoms in total. The van der Waals surface area contributed by atoms with Gasteiger partial charge in [0.25, 0.3) is 0 Å². The molecule has 19 heavy (non-hydrogen) atoms. The molecular formula is C16H17NO2. The van der Waals surface area contributed by atoms with Crippen LogP contribution in [0.4, 0.5) is 0 Å². The lowest BCUT2D eigenvalue weighted by molar-refractivity contribution is -0.104. The molecule has 1 atom stereocenters. The highest BCUT2D eigenvalue weighted by atomic mass is 16.7. The quantitative estimate of drug-likeness (QED) is 0.809. The number of hydrogen-bond donors (Lipinski definition) is 0. The first-order chi connectivity index (χ1) is 9.36. The number of nitriles is 1. The third-order valence-electron chi connectivity index (χ3n) is 3.72. The van der Waals surface area contributed by atoms with Gasteiger partial charge in [0.15, 0.2) is 0 Å². The van der Waals surface area contributed by atoms with Crippen LogP contribution in [0.25, 0.3) is 6.08 Å². The Bertz CT molecular complexity index is 524. The van der Waals surface area contributed by atoms with Gasteiger partial charge in [-0.1, -0.05) is 37.5 Å². The van der Waals surface area contributed by atoms with Gasteiger partial charge in [-0.25, -0.2) is 0 Å². The number of nitrogens with zero attached hydrogens (tertiary/aromatic N) is 1. The molecule has 1 saturated carbocycles. The summed E-state index contributed by atoms with van der Waals surface area (Å²) in [5.41, 5.74) is 1.51. The molecule has 1 heterocycles. The standard InChI is InChI=1S/C16H17NO2/c17-11-13-10-12-6-4-5-9-15(12)19-16(13)18-14-7-2-1-3-8-14/h4-6,9-10,14,16H,1-3,7-8H2. The first kappa shape index (κ1) is 12.3. The van der Waals surface area contributed by atoms with Gasteiger partial charge in [0.1, 0.15) is 11.8 Å². The first-order valence-corrected chi connectivity index (χ1v) is 6.89. The average molecular weight is 255 g/mol. The van der Waals surface area contributed by atoms with Crippen molar-refractivity contribution in [2.75, 3.05) is 0 Å². The summed E-state index contributed by atoms with van der Waals surface area (Å²) in [5.74, 6) is 0.794. The van der Waals surface area contributed by atoms with E-state index < -0.39 is 6.29 Å². The third kappa shape index (κ3) is 2.64. The Morgan fingerprint density at radius 1 is 1.16 bits per heavy atom. The molecule has 0 saturated heterocycles. The van der Waals surface area contributed by atoms with Crippen molar-refractivity contribution in [3.05, 3.63) is 35.4 Å². The van der Waals surface area contributed by atoms with Crippen molar-refractivity contribution < 1.29 is 9.47 Å². The van der Waals surface area contributed by atoms with Crippen molar-refractivity contribution in [1.29, 1.82) is 5.26 Å². The Hall–Kier alpha value is -1.79. The Kier molecular flexibility index (Phi) is 3.52. The number of para-hydroxylation sites is 1. The summed E-state index contributed by atoms with van der Waals surface area (Å²) in [6.07, 6.45) is 7.39.